The Labute approximate surface area is 260 Å². The Balaban J connectivity index is 1.35. The second kappa shape index (κ2) is 13.6. The van der Waals surface area contributed by atoms with E-state index in [1.54, 1.807) is 16.4 Å². The van der Waals surface area contributed by atoms with Gasteiger partial charge in [-0.05, 0) is 88.8 Å². The second-order valence-electron chi connectivity index (χ2n) is 13.2. The summed E-state index contributed by atoms with van der Waals surface area (Å²) in [7, 11) is -3.27. The fourth-order valence-electron chi connectivity index (χ4n) is 8.26. The number of rotatable bonds is 8. The lowest BCUT2D eigenvalue weighted by atomic mass is 9.65. The number of carbonyl (C=O) groups excluding carboxylic acids is 1. The van der Waals surface area contributed by atoms with Gasteiger partial charge in [0.15, 0.2) is 0 Å². The fraction of sp³-hybridized carbons (Fsp3) is 0.742. The van der Waals surface area contributed by atoms with Crippen molar-refractivity contribution in [2.24, 2.45) is 5.92 Å². The lowest BCUT2D eigenvalue weighted by Gasteiger charge is -2.47. The third kappa shape index (κ3) is 7.49. The number of carbonyl (C=O) groups is 2. The molecular formula is C31H47ClN4O6S. The lowest BCUT2D eigenvalue weighted by Crippen LogP contribution is -2.63. The molecule has 1 aliphatic carbocycles. The number of hydrogen-bond acceptors (Lipinski definition) is 6. The Hall–Kier alpha value is -1.92. The predicted molar refractivity (Wildman–Crippen MR) is 166 cm³/mol. The van der Waals surface area contributed by atoms with Gasteiger partial charge in [0.2, 0.25) is 15.9 Å². The number of nitrogens with zero attached hydrogens (tertiary/aromatic N) is 1. The van der Waals surface area contributed by atoms with Crippen LogP contribution in [0.4, 0.5) is 4.79 Å². The summed E-state index contributed by atoms with van der Waals surface area (Å²) in [5, 5.41) is 19.9. The Morgan fingerprint density at radius 2 is 1.79 bits per heavy atom. The van der Waals surface area contributed by atoms with Crippen molar-refractivity contribution in [1.29, 1.82) is 0 Å². The summed E-state index contributed by atoms with van der Waals surface area (Å²) in [6.07, 6.45) is 6.26. The first-order valence-electron chi connectivity index (χ1n) is 15.9. The van der Waals surface area contributed by atoms with Crippen LogP contribution in [-0.4, -0.2) is 85.0 Å². The first kappa shape index (κ1) is 32.5. The van der Waals surface area contributed by atoms with E-state index in [2.05, 4.69) is 16.0 Å². The van der Waals surface area contributed by atoms with Gasteiger partial charge in [-0.1, -0.05) is 36.6 Å². The highest BCUT2D eigenvalue weighted by atomic mass is 35.5. The van der Waals surface area contributed by atoms with Crippen molar-refractivity contribution in [3.05, 3.63) is 34.9 Å². The maximum absolute atomic E-state index is 14.2. The third-order valence-corrected chi connectivity index (χ3v) is 12.4. The van der Waals surface area contributed by atoms with Crippen LogP contribution < -0.4 is 16.0 Å². The minimum atomic E-state index is -3.27. The maximum Gasteiger partial charge on any atom is 0.405 e. The molecule has 1 aromatic rings. The van der Waals surface area contributed by atoms with E-state index in [1.807, 2.05) is 26.0 Å². The summed E-state index contributed by atoms with van der Waals surface area (Å²) >= 11 is 6.21. The van der Waals surface area contributed by atoms with Gasteiger partial charge < -0.3 is 25.8 Å². The molecule has 5 rings (SSSR count). The number of carboxylic acid groups (broad SMARTS) is 1. The Kier molecular flexibility index (Phi) is 10.3. The molecule has 10 nitrogen and oxygen atoms in total. The van der Waals surface area contributed by atoms with Gasteiger partial charge in [-0.25, -0.2) is 13.2 Å². The van der Waals surface area contributed by atoms with Gasteiger partial charge >= 0.3 is 6.09 Å². The predicted octanol–water partition coefficient (Wildman–Crippen LogP) is 4.02. The van der Waals surface area contributed by atoms with E-state index in [-0.39, 0.29) is 47.9 Å². The maximum atomic E-state index is 14.2. The zero-order chi connectivity index (χ0) is 30.8. The standard InChI is InChI=1S/C31H47ClN4O6S/c1-20-16-31(17-21(2)42-20,23-10-12-24(32)13-11-23)28(35-30(38)39)29(37)34-27-8-4-3-6-22(27)9-14-26-18-33-25-7-5-15-43(40,41)36(26)19-25/h10-13,20-22,25-28,33,35H,3-9,14-19H2,1-2H3,(H,34,37)(H,38,39)/t20-,21+,22-,25-,26+,27+,28-,31?/m1/s1. The van der Waals surface area contributed by atoms with E-state index in [4.69, 9.17) is 16.3 Å². The number of sulfonamides is 1. The summed E-state index contributed by atoms with van der Waals surface area (Å²) in [6.45, 7) is 5.11. The van der Waals surface area contributed by atoms with E-state index >= 15 is 0 Å². The molecule has 12 heteroatoms. The molecule has 0 aromatic heterocycles. The van der Waals surface area contributed by atoms with E-state index in [9.17, 15) is 23.1 Å². The molecule has 4 fully saturated rings. The highest BCUT2D eigenvalue weighted by molar-refractivity contribution is 7.89. The Morgan fingerprint density at radius 3 is 2.49 bits per heavy atom. The van der Waals surface area contributed by atoms with Crippen LogP contribution in [0.5, 0.6) is 0 Å². The summed E-state index contributed by atoms with van der Waals surface area (Å²) in [5.41, 5.74) is 0.0366. The summed E-state index contributed by atoms with van der Waals surface area (Å²) in [6, 6.07) is 6.34. The van der Waals surface area contributed by atoms with Crippen molar-refractivity contribution >= 4 is 33.6 Å². The number of amides is 2. The van der Waals surface area contributed by atoms with Crippen molar-refractivity contribution in [1.82, 2.24) is 20.3 Å². The van der Waals surface area contributed by atoms with Crippen LogP contribution in [0.2, 0.25) is 5.02 Å². The van der Waals surface area contributed by atoms with E-state index in [0.29, 0.717) is 37.4 Å². The second-order valence-corrected chi connectivity index (χ2v) is 15.7. The summed E-state index contributed by atoms with van der Waals surface area (Å²) < 4.78 is 33.7. The molecule has 4 aliphatic rings. The van der Waals surface area contributed by atoms with Crippen LogP contribution >= 0.6 is 11.6 Å². The van der Waals surface area contributed by atoms with Crippen molar-refractivity contribution in [2.75, 3.05) is 18.8 Å². The Morgan fingerprint density at radius 1 is 1.09 bits per heavy atom. The number of benzene rings is 1. The number of fused-ring (bicyclic) bond motifs is 2. The molecule has 1 saturated carbocycles. The van der Waals surface area contributed by atoms with Crippen LogP contribution in [0, 0.1) is 5.92 Å². The fourth-order valence-corrected chi connectivity index (χ4v) is 10.2. The topological polar surface area (TPSA) is 137 Å². The minimum absolute atomic E-state index is 0.0857. The van der Waals surface area contributed by atoms with E-state index in [1.165, 1.54) is 0 Å². The van der Waals surface area contributed by atoms with Crippen molar-refractivity contribution in [2.45, 2.75) is 120 Å². The van der Waals surface area contributed by atoms with Crippen LogP contribution in [0.15, 0.2) is 24.3 Å². The average Bonchev–Trinajstić information content (AvgIpc) is 3.06. The smallest absolute Gasteiger partial charge is 0.405 e. The zero-order valence-corrected chi connectivity index (χ0v) is 26.8. The first-order chi connectivity index (χ1) is 20.5. The molecule has 0 spiro atoms. The molecule has 3 saturated heterocycles. The third-order valence-electron chi connectivity index (χ3n) is 10.1. The molecule has 3 heterocycles. The molecule has 43 heavy (non-hydrogen) atoms. The molecule has 3 aliphatic heterocycles. The number of hydrogen-bond donors (Lipinski definition) is 4. The van der Waals surface area contributed by atoms with Gasteiger partial charge in [0.1, 0.15) is 6.04 Å². The van der Waals surface area contributed by atoms with Gasteiger partial charge in [-0.3, -0.25) is 4.79 Å². The molecule has 2 unspecified atom stereocenters. The molecule has 0 radical (unpaired) electrons. The number of nitrogens with one attached hydrogen (secondary N) is 3. The lowest BCUT2D eigenvalue weighted by molar-refractivity contribution is -0.130. The van der Waals surface area contributed by atoms with Gasteiger partial charge in [0.05, 0.1) is 18.0 Å². The average molecular weight is 639 g/mol. The molecule has 2 amide bonds. The number of ether oxygens (including phenoxy) is 1. The van der Waals surface area contributed by atoms with Crippen LogP contribution in [0.25, 0.3) is 0 Å². The summed E-state index contributed by atoms with van der Waals surface area (Å²) in [5.74, 6) is 0.0711. The van der Waals surface area contributed by atoms with Crippen molar-refractivity contribution in [3.8, 4) is 0 Å². The van der Waals surface area contributed by atoms with Crippen LogP contribution in [-0.2, 0) is 25.0 Å². The minimum Gasteiger partial charge on any atom is -0.465 e. The highest BCUT2D eigenvalue weighted by Crippen LogP contribution is 2.43. The van der Waals surface area contributed by atoms with Gasteiger partial charge in [0, 0.05) is 41.7 Å². The highest BCUT2D eigenvalue weighted by Gasteiger charge is 2.50. The van der Waals surface area contributed by atoms with Crippen LogP contribution in [0.3, 0.4) is 0 Å². The SMILES string of the molecule is C[C@@H]1CC(c2ccc(Cl)cc2)([C@H](NC(=O)O)C(=O)N[C@H]2CCCC[C@@H]2CC[C@H]2CN[C@@H]3CCCS(=O)(=O)N2C3)C[C@H](C)O1. The number of halogens is 1. The van der Waals surface area contributed by atoms with Gasteiger partial charge in [0.25, 0.3) is 0 Å². The summed E-state index contributed by atoms with van der Waals surface area (Å²) in [4.78, 5) is 26.4. The first-order valence-corrected chi connectivity index (χ1v) is 17.9. The monoisotopic (exact) mass is 638 g/mol. The Bertz CT molecular complexity index is 1240. The van der Waals surface area contributed by atoms with Crippen molar-refractivity contribution < 1.29 is 27.9 Å². The van der Waals surface area contributed by atoms with Gasteiger partial charge in [-0.2, -0.15) is 4.31 Å². The largest absolute Gasteiger partial charge is 0.465 e. The molecule has 1 aromatic carbocycles. The molecule has 2 bridgehead atoms. The quantitative estimate of drug-likeness (QED) is 0.338. The van der Waals surface area contributed by atoms with E-state index < -0.39 is 27.6 Å². The van der Waals surface area contributed by atoms with Gasteiger partial charge in [-0.15, -0.1) is 0 Å². The van der Waals surface area contributed by atoms with Crippen LogP contribution in [0.1, 0.15) is 83.6 Å². The number of piperazine rings is 1. The van der Waals surface area contributed by atoms with E-state index in [0.717, 1.165) is 50.5 Å². The molecule has 4 N–H and O–H groups in total. The molecule has 240 valence electrons. The zero-order valence-electron chi connectivity index (χ0n) is 25.3. The molecular weight excluding hydrogens is 592 g/mol. The molecule has 9 atom stereocenters. The van der Waals surface area contributed by atoms with Crippen molar-refractivity contribution in [3.63, 3.8) is 0 Å². The normalized spacial score (nSPS) is 36.6.